The largest absolute Gasteiger partial charge is 0.492 e. The summed E-state index contributed by atoms with van der Waals surface area (Å²) in [6, 6.07) is 13.3. The number of amides is 1. The standard InChI is InChI=1S/C30H39NO6/c1-2-35-28(29(32)33)20-23-10-13-26(14-11-23)36-19-18-31(17-16-22-6-3-4-7-22)30(34)37-27-15-12-24-8-5-9-25(24)21-27/h10-15,21-22,28H,2-9,16-20H2,1H3,(H,32,33). The Balaban J connectivity index is 1.31. The predicted molar refractivity (Wildman–Crippen MR) is 141 cm³/mol. The molecule has 0 bridgehead atoms. The number of benzene rings is 2. The highest BCUT2D eigenvalue weighted by molar-refractivity contribution is 5.72. The van der Waals surface area contributed by atoms with E-state index < -0.39 is 12.1 Å². The highest BCUT2D eigenvalue weighted by atomic mass is 16.6. The molecule has 0 heterocycles. The lowest BCUT2D eigenvalue weighted by molar-refractivity contribution is -0.149. The number of nitrogens with zero attached hydrogens (tertiary/aromatic N) is 1. The molecule has 1 saturated carbocycles. The lowest BCUT2D eigenvalue weighted by atomic mass is 10.0. The van der Waals surface area contributed by atoms with Gasteiger partial charge in [-0.3, -0.25) is 0 Å². The fourth-order valence-corrected chi connectivity index (χ4v) is 5.34. The maximum atomic E-state index is 13.1. The predicted octanol–water partition coefficient (Wildman–Crippen LogP) is 5.67. The van der Waals surface area contributed by atoms with Gasteiger partial charge in [0.2, 0.25) is 0 Å². The van der Waals surface area contributed by atoms with Crippen LogP contribution in [0.3, 0.4) is 0 Å². The Morgan fingerprint density at radius 2 is 1.70 bits per heavy atom. The van der Waals surface area contributed by atoms with E-state index in [9.17, 15) is 14.7 Å². The number of carboxylic acid groups (broad SMARTS) is 1. The summed E-state index contributed by atoms with van der Waals surface area (Å²) in [7, 11) is 0. The number of aliphatic carboxylic acids is 1. The fourth-order valence-electron chi connectivity index (χ4n) is 5.34. The second kappa shape index (κ2) is 13.5. The molecule has 2 aromatic carbocycles. The Labute approximate surface area is 219 Å². The number of hydrogen-bond acceptors (Lipinski definition) is 5. The maximum absolute atomic E-state index is 13.1. The molecular formula is C30H39NO6. The van der Waals surface area contributed by atoms with E-state index in [1.807, 2.05) is 36.4 Å². The smallest absolute Gasteiger partial charge is 0.415 e. The second-order valence-electron chi connectivity index (χ2n) is 10.1. The Morgan fingerprint density at radius 1 is 0.973 bits per heavy atom. The zero-order valence-corrected chi connectivity index (χ0v) is 21.8. The van der Waals surface area contributed by atoms with E-state index in [0.717, 1.165) is 31.2 Å². The average Bonchev–Trinajstić information content (AvgIpc) is 3.58. The first-order valence-electron chi connectivity index (χ1n) is 13.7. The average molecular weight is 510 g/mol. The van der Waals surface area contributed by atoms with Gasteiger partial charge in [-0.15, -0.1) is 0 Å². The first kappa shape index (κ1) is 27.0. The van der Waals surface area contributed by atoms with Crippen molar-refractivity contribution < 1.29 is 28.9 Å². The summed E-state index contributed by atoms with van der Waals surface area (Å²) < 4.78 is 17.0. The molecule has 37 heavy (non-hydrogen) atoms. The van der Waals surface area contributed by atoms with Crippen LogP contribution in [0.25, 0.3) is 0 Å². The van der Waals surface area contributed by atoms with Gasteiger partial charge >= 0.3 is 12.1 Å². The van der Waals surface area contributed by atoms with Gasteiger partial charge in [-0.05, 0) is 79.5 Å². The summed E-state index contributed by atoms with van der Waals surface area (Å²) in [6.07, 6.45) is 8.43. The number of rotatable bonds is 13. The van der Waals surface area contributed by atoms with Gasteiger partial charge < -0.3 is 24.2 Å². The molecule has 1 N–H and O–H groups in total. The van der Waals surface area contributed by atoms with Crippen molar-refractivity contribution in [3.05, 3.63) is 59.2 Å². The molecule has 0 radical (unpaired) electrons. The lowest BCUT2D eigenvalue weighted by Gasteiger charge is -2.24. The van der Waals surface area contributed by atoms with Crippen molar-refractivity contribution in [1.29, 1.82) is 0 Å². The topological polar surface area (TPSA) is 85.3 Å². The zero-order valence-electron chi connectivity index (χ0n) is 21.8. The number of fused-ring (bicyclic) bond motifs is 1. The Bertz CT molecular complexity index is 1030. The van der Waals surface area contributed by atoms with E-state index in [2.05, 4.69) is 6.07 Å². The molecule has 2 aromatic rings. The lowest BCUT2D eigenvalue weighted by Crippen LogP contribution is -2.38. The third-order valence-electron chi connectivity index (χ3n) is 7.43. The summed E-state index contributed by atoms with van der Waals surface area (Å²) in [5.41, 5.74) is 3.50. The minimum absolute atomic E-state index is 0.299. The van der Waals surface area contributed by atoms with Crippen LogP contribution in [0.5, 0.6) is 11.5 Å². The SMILES string of the molecule is CCOC(Cc1ccc(OCCN(CCC2CCCC2)C(=O)Oc2ccc3c(c2)CCC3)cc1)C(=O)O. The van der Waals surface area contributed by atoms with Crippen LogP contribution in [0.2, 0.25) is 0 Å². The third-order valence-corrected chi connectivity index (χ3v) is 7.43. The van der Waals surface area contributed by atoms with Gasteiger partial charge in [0.05, 0.1) is 6.54 Å². The van der Waals surface area contributed by atoms with Crippen molar-refractivity contribution in [2.75, 3.05) is 26.3 Å². The molecule has 1 amide bonds. The molecule has 1 unspecified atom stereocenters. The minimum atomic E-state index is -0.966. The van der Waals surface area contributed by atoms with Gasteiger partial charge in [0.25, 0.3) is 0 Å². The van der Waals surface area contributed by atoms with Crippen molar-refractivity contribution >= 4 is 12.1 Å². The number of carbonyl (C=O) groups excluding carboxylic acids is 1. The molecule has 200 valence electrons. The van der Waals surface area contributed by atoms with E-state index in [-0.39, 0.29) is 6.09 Å². The van der Waals surface area contributed by atoms with Gasteiger partial charge in [-0.2, -0.15) is 0 Å². The maximum Gasteiger partial charge on any atom is 0.415 e. The number of carbonyl (C=O) groups is 2. The van der Waals surface area contributed by atoms with E-state index in [1.165, 1.54) is 36.8 Å². The quantitative estimate of drug-likeness (QED) is 0.375. The number of carboxylic acids is 1. The van der Waals surface area contributed by atoms with E-state index in [0.29, 0.717) is 50.1 Å². The van der Waals surface area contributed by atoms with Gasteiger partial charge in [0.15, 0.2) is 6.10 Å². The van der Waals surface area contributed by atoms with Crippen molar-refractivity contribution in [1.82, 2.24) is 4.90 Å². The number of hydrogen-bond donors (Lipinski definition) is 1. The van der Waals surface area contributed by atoms with Gasteiger partial charge in [0, 0.05) is 19.6 Å². The summed E-state index contributed by atoms with van der Waals surface area (Å²) in [5.74, 6) is 0.997. The van der Waals surface area contributed by atoms with Crippen LogP contribution in [0.15, 0.2) is 42.5 Å². The molecule has 7 nitrogen and oxygen atoms in total. The summed E-state index contributed by atoms with van der Waals surface area (Å²) in [5, 5.41) is 9.29. The molecule has 7 heteroatoms. The monoisotopic (exact) mass is 509 g/mol. The highest BCUT2D eigenvalue weighted by Crippen LogP contribution is 2.29. The number of aryl methyl sites for hydroxylation is 2. The Kier molecular flexibility index (Phi) is 9.83. The minimum Gasteiger partial charge on any atom is -0.492 e. The molecular weight excluding hydrogens is 470 g/mol. The van der Waals surface area contributed by atoms with E-state index >= 15 is 0 Å². The molecule has 0 aliphatic heterocycles. The van der Waals surface area contributed by atoms with Crippen LogP contribution in [-0.2, 0) is 28.8 Å². The van der Waals surface area contributed by atoms with Gasteiger partial charge in [-0.25, -0.2) is 9.59 Å². The summed E-state index contributed by atoms with van der Waals surface area (Å²) in [4.78, 5) is 26.2. The molecule has 2 aliphatic carbocycles. The molecule has 4 rings (SSSR count). The van der Waals surface area contributed by atoms with Gasteiger partial charge in [-0.1, -0.05) is 43.9 Å². The van der Waals surface area contributed by atoms with Crippen molar-refractivity contribution in [2.24, 2.45) is 5.92 Å². The molecule has 1 fully saturated rings. The molecule has 0 saturated heterocycles. The van der Waals surface area contributed by atoms with Crippen LogP contribution in [0.4, 0.5) is 4.79 Å². The third kappa shape index (κ3) is 7.96. The number of ether oxygens (including phenoxy) is 3. The normalized spacial score (nSPS) is 15.8. The zero-order chi connectivity index (χ0) is 26.0. The van der Waals surface area contributed by atoms with E-state index in [4.69, 9.17) is 14.2 Å². The fraction of sp³-hybridized carbons (Fsp3) is 0.533. The van der Waals surface area contributed by atoms with Crippen LogP contribution in [0, 0.1) is 5.92 Å². The van der Waals surface area contributed by atoms with Crippen molar-refractivity contribution in [2.45, 2.75) is 70.8 Å². The summed E-state index contributed by atoms with van der Waals surface area (Å²) >= 11 is 0. The van der Waals surface area contributed by atoms with Crippen LogP contribution >= 0.6 is 0 Å². The van der Waals surface area contributed by atoms with Gasteiger partial charge in [0.1, 0.15) is 18.1 Å². The van der Waals surface area contributed by atoms with Crippen molar-refractivity contribution in [3.8, 4) is 11.5 Å². The Hall–Kier alpha value is -3.06. The van der Waals surface area contributed by atoms with Crippen LogP contribution in [-0.4, -0.2) is 54.5 Å². The van der Waals surface area contributed by atoms with Crippen molar-refractivity contribution in [3.63, 3.8) is 0 Å². The highest BCUT2D eigenvalue weighted by Gasteiger charge is 2.22. The van der Waals surface area contributed by atoms with Crippen LogP contribution in [0.1, 0.15) is 62.1 Å². The summed E-state index contributed by atoms with van der Waals surface area (Å²) in [6.45, 7) is 3.57. The molecule has 2 aliphatic rings. The molecule has 1 atom stereocenters. The first-order valence-corrected chi connectivity index (χ1v) is 13.7. The second-order valence-corrected chi connectivity index (χ2v) is 10.1. The molecule has 0 aromatic heterocycles. The van der Waals surface area contributed by atoms with Crippen LogP contribution < -0.4 is 9.47 Å². The first-order chi connectivity index (χ1) is 18.0. The molecule has 0 spiro atoms. The van der Waals surface area contributed by atoms with E-state index in [1.54, 1.807) is 11.8 Å². The Morgan fingerprint density at radius 3 is 2.43 bits per heavy atom.